The second-order valence-electron chi connectivity index (χ2n) is 3.96. The second kappa shape index (κ2) is 9.38. The van der Waals surface area contributed by atoms with Crippen molar-refractivity contribution in [3.05, 3.63) is 29.0 Å². The lowest BCUT2D eigenvalue weighted by Gasteiger charge is -2.11. The first kappa shape index (κ1) is 17.4. The summed E-state index contributed by atoms with van der Waals surface area (Å²) in [6.45, 7) is 4.83. The van der Waals surface area contributed by atoms with E-state index >= 15 is 0 Å². The number of halogens is 2. The Labute approximate surface area is 130 Å². The van der Waals surface area contributed by atoms with Crippen molar-refractivity contribution in [2.45, 2.75) is 32.7 Å². The highest BCUT2D eigenvalue weighted by Gasteiger charge is 1.99. The summed E-state index contributed by atoms with van der Waals surface area (Å²) >= 11 is 5.70. The molecule has 0 bridgehead atoms. The van der Waals surface area contributed by atoms with E-state index in [1.807, 2.05) is 6.07 Å². The maximum atomic E-state index is 5.74. The molecule has 6 heteroatoms. The normalized spacial score (nSPS) is 12.7. The number of aliphatic imine (C=N–C) groups is 1. The molecule has 1 aromatic rings. The fraction of sp³-hybridized carbons (Fsp3) is 0.500. The number of aromatic nitrogens is 1. The number of nitrogens with one attached hydrogen (secondary N) is 1. The van der Waals surface area contributed by atoms with Crippen LogP contribution < -0.4 is 11.1 Å². The quantitative estimate of drug-likeness (QED) is 0.356. The maximum absolute atomic E-state index is 5.74. The van der Waals surface area contributed by atoms with Crippen LogP contribution in [0.2, 0.25) is 5.15 Å². The number of hydrogen-bond donors (Lipinski definition) is 2. The SMILES string of the molecule is CCC(C)NC(N)=NCCc1ccc(Cl)nc1.I. The summed E-state index contributed by atoms with van der Waals surface area (Å²) in [6.07, 6.45) is 3.60. The molecule has 0 saturated carbocycles. The minimum absolute atomic E-state index is 0. The van der Waals surface area contributed by atoms with Gasteiger partial charge in [-0.15, -0.1) is 24.0 Å². The van der Waals surface area contributed by atoms with Crippen molar-refractivity contribution in [3.8, 4) is 0 Å². The van der Waals surface area contributed by atoms with Gasteiger partial charge in [0.15, 0.2) is 5.96 Å². The Bertz CT molecular complexity index is 367. The molecule has 0 aliphatic rings. The summed E-state index contributed by atoms with van der Waals surface area (Å²) in [7, 11) is 0. The topological polar surface area (TPSA) is 63.3 Å². The van der Waals surface area contributed by atoms with Gasteiger partial charge in [0.05, 0.1) is 0 Å². The highest BCUT2D eigenvalue weighted by Crippen LogP contribution is 2.05. The van der Waals surface area contributed by atoms with E-state index in [2.05, 4.69) is 29.1 Å². The van der Waals surface area contributed by atoms with E-state index in [0.29, 0.717) is 23.7 Å². The highest BCUT2D eigenvalue weighted by atomic mass is 127. The van der Waals surface area contributed by atoms with Gasteiger partial charge >= 0.3 is 0 Å². The minimum Gasteiger partial charge on any atom is -0.370 e. The van der Waals surface area contributed by atoms with Crippen LogP contribution in [-0.2, 0) is 6.42 Å². The van der Waals surface area contributed by atoms with E-state index in [1.54, 1.807) is 12.3 Å². The number of guanidine groups is 1. The summed E-state index contributed by atoms with van der Waals surface area (Å²) in [6, 6.07) is 4.08. The zero-order valence-corrected chi connectivity index (χ0v) is 13.8. The molecule has 18 heavy (non-hydrogen) atoms. The summed E-state index contributed by atoms with van der Waals surface area (Å²) in [4.78, 5) is 8.26. The summed E-state index contributed by atoms with van der Waals surface area (Å²) in [5, 5.41) is 3.63. The van der Waals surface area contributed by atoms with Crippen LogP contribution in [0.1, 0.15) is 25.8 Å². The Morgan fingerprint density at radius 3 is 2.83 bits per heavy atom. The van der Waals surface area contributed by atoms with Gasteiger partial charge in [-0.25, -0.2) is 4.98 Å². The van der Waals surface area contributed by atoms with Gasteiger partial charge in [0.1, 0.15) is 5.15 Å². The summed E-state index contributed by atoms with van der Waals surface area (Å²) in [5.41, 5.74) is 6.85. The van der Waals surface area contributed by atoms with Crippen LogP contribution in [0.5, 0.6) is 0 Å². The smallest absolute Gasteiger partial charge is 0.188 e. The van der Waals surface area contributed by atoms with Crippen molar-refractivity contribution in [2.24, 2.45) is 10.7 Å². The van der Waals surface area contributed by atoms with E-state index in [9.17, 15) is 0 Å². The molecule has 0 aliphatic carbocycles. The molecule has 102 valence electrons. The Morgan fingerprint density at radius 2 is 2.28 bits per heavy atom. The molecule has 0 aromatic carbocycles. The van der Waals surface area contributed by atoms with Gasteiger partial charge in [-0.1, -0.05) is 24.6 Å². The van der Waals surface area contributed by atoms with Gasteiger partial charge in [-0.2, -0.15) is 0 Å². The highest BCUT2D eigenvalue weighted by molar-refractivity contribution is 14.0. The molecular weight excluding hydrogens is 363 g/mol. The monoisotopic (exact) mass is 382 g/mol. The van der Waals surface area contributed by atoms with Crippen molar-refractivity contribution < 1.29 is 0 Å². The standard InChI is InChI=1S/C12H19ClN4.HI/c1-3-9(2)17-12(14)15-7-6-10-4-5-11(13)16-8-10;/h4-5,8-9H,3,6-7H2,1-2H3,(H3,14,15,17);1H. The number of nitrogens with two attached hydrogens (primary N) is 1. The Morgan fingerprint density at radius 1 is 1.56 bits per heavy atom. The van der Waals surface area contributed by atoms with Gasteiger partial charge < -0.3 is 11.1 Å². The lowest BCUT2D eigenvalue weighted by molar-refractivity contribution is 0.636. The van der Waals surface area contributed by atoms with Gasteiger partial charge in [-0.05, 0) is 31.4 Å². The van der Waals surface area contributed by atoms with Gasteiger partial charge in [0, 0.05) is 18.8 Å². The fourth-order valence-electron chi connectivity index (χ4n) is 1.26. The van der Waals surface area contributed by atoms with E-state index in [0.717, 1.165) is 18.4 Å². The molecule has 0 amide bonds. The van der Waals surface area contributed by atoms with Gasteiger partial charge in [-0.3, -0.25) is 4.99 Å². The number of rotatable bonds is 5. The van der Waals surface area contributed by atoms with Crippen LogP contribution in [0.15, 0.2) is 23.3 Å². The average Bonchev–Trinajstić information content (AvgIpc) is 2.31. The fourth-order valence-corrected chi connectivity index (χ4v) is 1.37. The van der Waals surface area contributed by atoms with Crippen LogP contribution >= 0.6 is 35.6 Å². The third kappa shape index (κ3) is 7.00. The Hall–Kier alpha value is -0.560. The molecule has 0 aliphatic heterocycles. The Balaban J connectivity index is 0.00000289. The van der Waals surface area contributed by atoms with Crippen molar-refractivity contribution in [3.63, 3.8) is 0 Å². The Kier molecular flexibility index (Phi) is 9.09. The van der Waals surface area contributed by atoms with Gasteiger partial charge in [0.2, 0.25) is 0 Å². The third-order valence-corrected chi connectivity index (χ3v) is 2.70. The number of hydrogen-bond acceptors (Lipinski definition) is 2. The minimum atomic E-state index is 0. The van der Waals surface area contributed by atoms with Crippen molar-refractivity contribution in [1.82, 2.24) is 10.3 Å². The molecular formula is C12H20ClIN4. The molecule has 1 atom stereocenters. The van der Waals surface area contributed by atoms with E-state index < -0.39 is 0 Å². The molecule has 0 saturated heterocycles. The number of pyridine rings is 1. The lowest BCUT2D eigenvalue weighted by Crippen LogP contribution is -2.38. The van der Waals surface area contributed by atoms with Crippen LogP contribution in [0.4, 0.5) is 0 Å². The molecule has 0 radical (unpaired) electrons. The van der Waals surface area contributed by atoms with Crippen molar-refractivity contribution >= 4 is 41.5 Å². The van der Waals surface area contributed by atoms with Crippen molar-refractivity contribution in [2.75, 3.05) is 6.54 Å². The van der Waals surface area contributed by atoms with Crippen LogP contribution in [-0.4, -0.2) is 23.5 Å². The first-order valence-corrected chi connectivity index (χ1v) is 6.16. The molecule has 1 rings (SSSR count). The van der Waals surface area contributed by atoms with E-state index in [4.69, 9.17) is 17.3 Å². The van der Waals surface area contributed by atoms with Gasteiger partial charge in [0.25, 0.3) is 0 Å². The summed E-state index contributed by atoms with van der Waals surface area (Å²) in [5.74, 6) is 0.501. The first-order chi connectivity index (χ1) is 8.11. The van der Waals surface area contributed by atoms with E-state index in [1.165, 1.54) is 0 Å². The first-order valence-electron chi connectivity index (χ1n) is 5.78. The predicted octanol–water partition coefficient (Wildman–Crippen LogP) is 2.60. The molecule has 0 fully saturated rings. The van der Waals surface area contributed by atoms with E-state index in [-0.39, 0.29) is 24.0 Å². The average molecular weight is 383 g/mol. The molecule has 3 N–H and O–H groups in total. The predicted molar refractivity (Wildman–Crippen MR) is 87.7 cm³/mol. The summed E-state index contributed by atoms with van der Waals surface area (Å²) < 4.78 is 0. The van der Waals surface area contributed by atoms with Crippen LogP contribution in [0, 0.1) is 0 Å². The number of nitrogens with zero attached hydrogens (tertiary/aromatic N) is 2. The lowest BCUT2D eigenvalue weighted by atomic mass is 10.2. The molecule has 0 spiro atoms. The third-order valence-electron chi connectivity index (χ3n) is 2.48. The van der Waals surface area contributed by atoms with Crippen LogP contribution in [0.25, 0.3) is 0 Å². The second-order valence-corrected chi connectivity index (χ2v) is 4.35. The largest absolute Gasteiger partial charge is 0.370 e. The maximum Gasteiger partial charge on any atom is 0.188 e. The zero-order chi connectivity index (χ0) is 12.7. The molecule has 1 unspecified atom stereocenters. The van der Waals surface area contributed by atoms with Crippen molar-refractivity contribution in [1.29, 1.82) is 0 Å². The zero-order valence-electron chi connectivity index (χ0n) is 10.7. The molecule has 1 aromatic heterocycles. The van der Waals surface area contributed by atoms with Crippen LogP contribution in [0.3, 0.4) is 0 Å². The molecule has 1 heterocycles. The molecule has 4 nitrogen and oxygen atoms in total.